The second-order valence-corrected chi connectivity index (χ2v) is 6.06. The average Bonchev–Trinajstić information content (AvgIpc) is 2.35. The number of aliphatic hydroxyl groups is 1. The van der Waals surface area contributed by atoms with Crippen molar-refractivity contribution in [3.8, 4) is 0 Å². The van der Waals surface area contributed by atoms with E-state index in [9.17, 15) is 5.11 Å². The quantitative estimate of drug-likeness (QED) is 0.807. The summed E-state index contributed by atoms with van der Waals surface area (Å²) in [5.74, 6) is 0.859. The number of β-amino-alcohol motifs (C(OH)–C–C–N with tert-alkyl or cyclic N) is 1. The van der Waals surface area contributed by atoms with E-state index in [1.165, 1.54) is 12.8 Å². The molecule has 0 spiro atoms. The summed E-state index contributed by atoms with van der Waals surface area (Å²) >= 11 is 0. The lowest BCUT2D eigenvalue weighted by Crippen LogP contribution is -2.49. The number of nitrogens with zero attached hydrogens (tertiary/aromatic N) is 2. The van der Waals surface area contributed by atoms with Crippen LogP contribution in [0.2, 0.25) is 0 Å². The van der Waals surface area contributed by atoms with Crippen LogP contribution in [0, 0.1) is 5.92 Å². The molecule has 0 radical (unpaired) electrons. The SMILES string of the molecule is CC1CCN(CC(O)CN2CCOCC2C)CC1. The van der Waals surface area contributed by atoms with Gasteiger partial charge in [-0.3, -0.25) is 4.90 Å². The molecule has 2 unspecified atom stereocenters. The smallest absolute Gasteiger partial charge is 0.0793 e. The van der Waals surface area contributed by atoms with Crippen molar-refractivity contribution < 1.29 is 9.84 Å². The largest absolute Gasteiger partial charge is 0.390 e. The molecular formula is C14H28N2O2. The lowest BCUT2D eigenvalue weighted by atomic mass is 9.99. The molecule has 2 aliphatic heterocycles. The summed E-state index contributed by atoms with van der Waals surface area (Å²) in [6, 6.07) is 0.440. The van der Waals surface area contributed by atoms with Crippen molar-refractivity contribution in [3.63, 3.8) is 0 Å². The van der Waals surface area contributed by atoms with Gasteiger partial charge in [0.1, 0.15) is 0 Å². The Morgan fingerprint density at radius 2 is 1.89 bits per heavy atom. The Labute approximate surface area is 111 Å². The van der Waals surface area contributed by atoms with Crippen LogP contribution in [-0.4, -0.2) is 73.0 Å². The molecule has 1 N–H and O–H groups in total. The molecular weight excluding hydrogens is 228 g/mol. The molecule has 2 aliphatic rings. The molecule has 2 atom stereocenters. The third-order valence-electron chi connectivity index (χ3n) is 4.30. The van der Waals surface area contributed by atoms with Crippen molar-refractivity contribution in [3.05, 3.63) is 0 Å². The minimum atomic E-state index is -0.223. The molecule has 4 heteroatoms. The predicted molar refractivity (Wildman–Crippen MR) is 72.7 cm³/mol. The van der Waals surface area contributed by atoms with Crippen LogP contribution in [0.25, 0.3) is 0 Å². The fourth-order valence-electron chi connectivity index (χ4n) is 2.90. The molecule has 0 saturated carbocycles. The number of piperidine rings is 1. The fraction of sp³-hybridized carbons (Fsp3) is 1.00. The van der Waals surface area contributed by atoms with Gasteiger partial charge >= 0.3 is 0 Å². The maximum Gasteiger partial charge on any atom is 0.0793 e. The van der Waals surface area contributed by atoms with Crippen LogP contribution in [0.5, 0.6) is 0 Å². The summed E-state index contributed by atoms with van der Waals surface area (Å²) in [6.45, 7) is 11.0. The molecule has 0 aromatic heterocycles. The number of hydrogen-bond acceptors (Lipinski definition) is 4. The first-order chi connectivity index (χ1) is 8.65. The van der Waals surface area contributed by atoms with E-state index in [0.717, 1.165) is 51.9 Å². The fourth-order valence-corrected chi connectivity index (χ4v) is 2.90. The van der Waals surface area contributed by atoms with Crippen LogP contribution in [-0.2, 0) is 4.74 Å². The Morgan fingerprint density at radius 1 is 1.17 bits per heavy atom. The van der Waals surface area contributed by atoms with Gasteiger partial charge in [-0.2, -0.15) is 0 Å². The summed E-state index contributed by atoms with van der Waals surface area (Å²) < 4.78 is 5.42. The van der Waals surface area contributed by atoms with Crippen LogP contribution in [0.15, 0.2) is 0 Å². The van der Waals surface area contributed by atoms with Crippen molar-refractivity contribution in [2.24, 2.45) is 5.92 Å². The second-order valence-electron chi connectivity index (χ2n) is 6.06. The molecule has 2 rings (SSSR count). The molecule has 0 bridgehead atoms. The molecule has 2 saturated heterocycles. The molecule has 0 aliphatic carbocycles. The van der Waals surface area contributed by atoms with E-state index < -0.39 is 0 Å². The lowest BCUT2D eigenvalue weighted by molar-refractivity contribution is -0.0262. The van der Waals surface area contributed by atoms with E-state index in [0.29, 0.717) is 6.04 Å². The van der Waals surface area contributed by atoms with E-state index in [2.05, 4.69) is 23.6 Å². The molecule has 4 nitrogen and oxygen atoms in total. The highest BCUT2D eigenvalue weighted by atomic mass is 16.5. The van der Waals surface area contributed by atoms with Gasteiger partial charge in [0.2, 0.25) is 0 Å². The van der Waals surface area contributed by atoms with E-state index in [1.807, 2.05) is 0 Å². The lowest BCUT2D eigenvalue weighted by Gasteiger charge is -2.36. The molecule has 18 heavy (non-hydrogen) atoms. The van der Waals surface area contributed by atoms with Gasteiger partial charge in [-0.1, -0.05) is 6.92 Å². The van der Waals surface area contributed by atoms with Crippen molar-refractivity contribution in [1.82, 2.24) is 9.80 Å². The first-order valence-corrected chi connectivity index (χ1v) is 7.37. The Bertz CT molecular complexity index is 242. The van der Waals surface area contributed by atoms with Gasteiger partial charge in [0.05, 0.1) is 19.3 Å². The van der Waals surface area contributed by atoms with E-state index in [1.54, 1.807) is 0 Å². The minimum Gasteiger partial charge on any atom is -0.390 e. The summed E-state index contributed by atoms with van der Waals surface area (Å²) in [6.07, 6.45) is 2.33. The monoisotopic (exact) mass is 256 g/mol. The summed E-state index contributed by atoms with van der Waals surface area (Å²) in [7, 11) is 0. The maximum atomic E-state index is 10.2. The van der Waals surface area contributed by atoms with Gasteiger partial charge in [-0.25, -0.2) is 0 Å². The molecule has 106 valence electrons. The van der Waals surface area contributed by atoms with Gasteiger partial charge in [-0.15, -0.1) is 0 Å². The zero-order valence-electron chi connectivity index (χ0n) is 11.8. The van der Waals surface area contributed by atoms with Crippen molar-refractivity contribution >= 4 is 0 Å². The third kappa shape index (κ3) is 4.19. The number of hydrogen-bond donors (Lipinski definition) is 1. The average molecular weight is 256 g/mol. The van der Waals surface area contributed by atoms with E-state index in [-0.39, 0.29) is 6.10 Å². The number of ether oxygens (including phenoxy) is 1. The number of rotatable bonds is 4. The highest BCUT2D eigenvalue weighted by Gasteiger charge is 2.23. The van der Waals surface area contributed by atoms with Crippen LogP contribution >= 0.6 is 0 Å². The zero-order valence-corrected chi connectivity index (χ0v) is 11.8. The first-order valence-electron chi connectivity index (χ1n) is 7.37. The van der Waals surface area contributed by atoms with Gasteiger partial charge in [-0.05, 0) is 38.8 Å². The van der Waals surface area contributed by atoms with Gasteiger partial charge in [0.15, 0.2) is 0 Å². The first kappa shape index (κ1) is 14.3. The van der Waals surface area contributed by atoms with Gasteiger partial charge < -0.3 is 14.7 Å². The van der Waals surface area contributed by atoms with Crippen molar-refractivity contribution in [1.29, 1.82) is 0 Å². The second kappa shape index (κ2) is 6.85. The van der Waals surface area contributed by atoms with Crippen LogP contribution < -0.4 is 0 Å². The van der Waals surface area contributed by atoms with Crippen LogP contribution in [0.3, 0.4) is 0 Å². The Hall–Kier alpha value is -0.160. The highest BCUT2D eigenvalue weighted by Crippen LogP contribution is 2.16. The standard InChI is InChI=1S/C14H28N2O2/c1-12-3-5-15(6-4-12)9-14(17)10-16-7-8-18-11-13(16)2/h12-14,17H,3-11H2,1-2H3. The molecule has 2 fully saturated rings. The normalized spacial score (nSPS) is 30.5. The summed E-state index contributed by atoms with van der Waals surface area (Å²) in [4.78, 5) is 4.76. The minimum absolute atomic E-state index is 0.223. The summed E-state index contributed by atoms with van der Waals surface area (Å²) in [5, 5.41) is 10.2. The number of aliphatic hydroxyl groups excluding tert-OH is 1. The Balaban J connectivity index is 1.69. The van der Waals surface area contributed by atoms with Crippen LogP contribution in [0.1, 0.15) is 26.7 Å². The predicted octanol–water partition coefficient (Wildman–Crippen LogP) is 0.800. The Kier molecular flexibility index (Phi) is 5.42. The van der Waals surface area contributed by atoms with Crippen LogP contribution in [0.4, 0.5) is 0 Å². The Morgan fingerprint density at radius 3 is 2.56 bits per heavy atom. The topological polar surface area (TPSA) is 35.9 Å². The zero-order chi connectivity index (χ0) is 13.0. The summed E-state index contributed by atoms with van der Waals surface area (Å²) in [5.41, 5.74) is 0. The van der Waals surface area contributed by atoms with Crippen molar-refractivity contribution in [2.45, 2.75) is 38.8 Å². The molecule has 2 heterocycles. The molecule has 0 aromatic rings. The van der Waals surface area contributed by atoms with Crippen molar-refractivity contribution in [2.75, 3.05) is 45.9 Å². The third-order valence-corrected chi connectivity index (χ3v) is 4.30. The number of likely N-dealkylation sites (tertiary alicyclic amines) is 1. The maximum absolute atomic E-state index is 10.2. The van der Waals surface area contributed by atoms with E-state index >= 15 is 0 Å². The van der Waals surface area contributed by atoms with Gasteiger partial charge in [0.25, 0.3) is 0 Å². The molecule has 0 amide bonds. The molecule has 0 aromatic carbocycles. The van der Waals surface area contributed by atoms with E-state index in [4.69, 9.17) is 4.74 Å². The van der Waals surface area contributed by atoms with Gasteiger partial charge in [0, 0.05) is 25.7 Å². The highest BCUT2D eigenvalue weighted by molar-refractivity contribution is 4.77. The number of morpholine rings is 1.